The molecule has 1 aliphatic rings. The standard InChI is InChI=1S/C16H22N4O3/c1-11-18-14-9-13(3-4-15(14)19(11)2)23-8-5-12-10-20(16(21)22)7-6-17-12/h3-4,9,12,17H,5-8,10H2,1-2H3,(H,21,22)/t12-/m1/s1. The van der Waals surface area contributed by atoms with Gasteiger partial charge < -0.3 is 24.6 Å². The summed E-state index contributed by atoms with van der Waals surface area (Å²) in [4.78, 5) is 17.0. The van der Waals surface area contributed by atoms with Crippen LogP contribution in [0.15, 0.2) is 18.2 Å². The molecule has 0 radical (unpaired) electrons. The number of imidazole rings is 1. The predicted molar refractivity (Wildman–Crippen MR) is 87.0 cm³/mol. The molecule has 0 unspecified atom stereocenters. The van der Waals surface area contributed by atoms with Crippen molar-refractivity contribution in [3.63, 3.8) is 0 Å². The molecule has 1 amide bonds. The fraction of sp³-hybridized carbons (Fsp3) is 0.500. The summed E-state index contributed by atoms with van der Waals surface area (Å²) in [7, 11) is 1.99. The van der Waals surface area contributed by atoms with Gasteiger partial charge in [-0.2, -0.15) is 0 Å². The van der Waals surface area contributed by atoms with Crippen molar-refractivity contribution in [2.45, 2.75) is 19.4 Å². The zero-order valence-electron chi connectivity index (χ0n) is 13.5. The second-order valence-corrected chi connectivity index (χ2v) is 5.89. The molecule has 0 spiro atoms. The van der Waals surface area contributed by atoms with Gasteiger partial charge in [0, 0.05) is 38.8 Å². The minimum atomic E-state index is -0.853. The van der Waals surface area contributed by atoms with E-state index in [4.69, 9.17) is 9.84 Å². The number of hydrogen-bond acceptors (Lipinski definition) is 4. The van der Waals surface area contributed by atoms with Crippen molar-refractivity contribution in [2.24, 2.45) is 7.05 Å². The average Bonchev–Trinajstić information content (AvgIpc) is 2.82. The fourth-order valence-electron chi connectivity index (χ4n) is 2.90. The summed E-state index contributed by atoms with van der Waals surface area (Å²) in [6, 6.07) is 6.04. The van der Waals surface area contributed by atoms with Gasteiger partial charge in [0.1, 0.15) is 11.6 Å². The minimum Gasteiger partial charge on any atom is -0.493 e. The van der Waals surface area contributed by atoms with E-state index in [0.717, 1.165) is 29.0 Å². The quantitative estimate of drug-likeness (QED) is 0.895. The molecule has 7 heteroatoms. The lowest BCUT2D eigenvalue weighted by Gasteiger charge is -2.31. The Morgan fingerprint density at radius 1 is 1.52 bits per heavy atom. The highest BCUT2D eigenvalue weighted by atomic mass is 16.5. The molecule has 0 saturated carbocycles. The highest BCUT2D eigenvalue weighted by Crippen LogP contribution is 2.21. The van der Waals surface area contributed by atoms with Gasteiger partial charge in [-0.05, 0) is 25.5 Å². The van der Waals surface area contributed by atoms with Crippen molar-refractivity contribution in [1.82, 2.24) is 19.8 Å². The Morgan fingerprint density at radius 2 is 2.35 bits per heavy atom. The molecule has 1 saturated heterocycles. The van der Waals surface area contributed by atoms with Crippen LogP contribution in [0.1, 0.15) is 12.2 Å². The third-order valence-electron chi connectivity index (χ3n) is 4.34. The molecular formula is C16H22N4O3. The third kappa shape index (κ3) is 3.39. The third-order valence-corrected chi connectivity index (χ3v) is 4.34. The van der Waals surface area contributed by atoms with Gasteiger partial charge in [-0.1, -0.05) is 0 Å². The number of hydrogen-bond donors (Lipinski definition) is 2. The Labute approximate surface area is 134 Å². The Bertz CT molecular complexity index is 713. The Hall–Kier alpha value is -2.28. The molecule has 124 valence electrons. The largest absolute Gasteiger partial charge is 0.493 e. The molecule has 3 rings (SSSR count). The van der Waals surface area contributed by atoms with Crippen LogP contribution in [-0.4, -0.2) is 57.9 Å². The summed E-state index contributed by atoms with van der Waals surface area (Å²) in [5.74, 6) is 1.76. The van der Waals surface area contributed by atoms with Crippen LogP contribution >= 0.6 is 0 Å². The monoisotopic (exact) mass is 318 g/mol. The van der Waals surface area contributed by atoms with Crippen LogP contribution in [0, 0.1) is 6.92 Å². The zero-order valence-corrected chi connectivity index (χ0v) is 13.5. The summed E-state index contributed by atoms with van der Waals surface area (Å²) in [5.41, 5.74) is 2.01. The highest BCUT2D eigenvalue weighted by Gasteiger charge is 2.22. The maximum absolute atomic E-state index is 11.0. The van der Waals surface area contributed by atoms with Crippen LogP contribution in [0.2, 0.25) is 0 Å². The minimum absolute atomic E-state index is 0.140. The van der Waals surface area contributed by atoms with Crippen molar-refractivity contribution in [2.75, 3.05) is 26.2 Å². The average molecular weight is 318 g/mol. The zero-order chi connectivity index (χ0) is 16.4. The van der Waals surface area contributed by atoms with E-state index in [0.29, 0.717) is 26.2 Å². The molecule has 2 heterocycles. The molecule has 1 aromatic carbocycles. The second kappa shape index (κ2) is 6.45. The predicted octanol–water partition coefficient (Wildman–Crippen LogP) is 1.60. The topological polar surface area (TPSA) is 79.6 Å². The number of benzene rings is 1. The molecule has 2 aromatic rings. The van der Waals surface area contributed by atoms with Crippen LogP contribution in [-0.2, 0) is 7.05 Å². The first-order valence-electron chi connectivity index (χ1n) is 7.81. The van der Waals surface area contributed by atoms with Crippen LogP contribution in [0.3, 0.4) is 0 Å². The number of carboxylic acid groups (broad SMARTS) is 1. The number of aryl methyl sites for hydroxylation is 2. The van der Waals surface area contributed by atoms with Crippen molar-refractivity contribution in [3.8, 4) is 5.75 Å². The van der Waals surface area contributed by atoms with E-state index in [1.54, 1.807) is 0 Å². The molecule has 1 atom stereocenters. The van der Waals surface area contributed by atoms with Gasteiger partial charge >= 0.3 is 6.09 Å². The van der Waals surface area contributed by atoms with Crippen LogP contribution in [0.5, 0.6) is 5.75 Å². The summed E-state index contributed by atoms with van der Waals surface area (Å²) < 4.78 is 7.85. The number of ether oxygens (including phenoxy) is 1. The SMILES string of the molecule is Cc1nc2cc(OCC[C@@H]3CN(C(=O)O)CCN3)ccc2n1C. The van der Waals surface area contributed by atoms with Crippen molar-refractivity contribution in [1.29, 1.82) is 0 Å². The molecule has 2 N–H and O–H groups in total. The maximum atomic E-state index is 11.0. The molecule has 23 heavy (non-hydrogen) atoms. The number of amides is 1. The van der Waals surface area contributed by atoms with Gasteiger partial charge in [0.25, 0.3) is 0 Å². The van der Waals surface area contributed by atoms with E-state index in [9.17, 15) is 4.79 Å². The van der Waals surface area contributed by atoms with Crippen LogP contribution in [0.25, 0.3) is 11.0 Å². The Morgan fingerprint density at radius 3 is 3.13 bits per heavy atom. The van der Waals surface area contributed by atoms with E-state index in [1.807, 2.05) is 36.7 Å². The van der Waals surface area contributed by atoms with E-state index < -0.39 is 6.09 Å². The van der Waals surface area contributed by atoms with Crippen molar-refractivity contribution in [3.05, 3.63) is 24.0 Å². The van der Waals surface area contributed by atoms with Gasteiger partial charge in [-0.25, -0.2) is 9.78 Å². The van der Waals surface area contributed by atoms with Crippen LogP contribution < -0.4 is 10.1 Å². The first-order chi connectivity index (χ1) is 11.0. The van der Waals surface area contributed by atoms with Gasteiger partial charge in [0.2, 0.25) is 0 Å². The first kappa shape index (κ1) is 15.6. The lowest BCUT2D eigenvalue weighted by Crippen LogP contribution is -2.52. The smallest absolute Gasteiger partial charge is 0.407 e. The van der Waals surface area contributed by atoms with E-state index in [2.05, 4.69) is 10.3 Å². The molecule has 0 aliphatic carbocycles. The van der Waals surface area contributed by atoms with E-state index in [-0.39, 0.29) is 6.04 Å². The summed E-state index contributed by atoms with van der Waals surface area (Å²) in [5, 5.41) is 12.4. The number of rotatable bonds is 4. The van der Waals surface area contributed by atoms with Gasteiger partial charge in [0.15, 0.2) is 0 Å². The maximum Gasteiger partial charge on any atom is 0.407 e. The summed E-state index contributed by atoms with van der Waals surface area (Å²) >= 11 is 0. The summed E-state index contributed by atoms with van der Waals surface area (Å²) in [6.45, 7) is 4.27. The van der Waals surface area contributed by atoms with Crippen LogP contribution in [0.4, 0.5) is 4.79 Å². The van der Waals surface area contributed by atoms with Crippen molar-refractivity contribution < 1.29 is 14.6 Å². The van der Waals surface area contributed by atoms with E-state index >= 15 is 0 Å². The molecule has 1 aromatic heterocycles. The van der Waals surface area contributed by atoms with Gasteiger partial charge in [0.05, 0.1) is 17.6 Å². The van der Waals surface area contributed by atoms with Gasteiger partial charge in [-0.3, -0.25) is 0 Å². The van der Waals surface area contributed by atoms with E-state index in [1.165, 1.54) is 4.90 Å². The highest BCUT2D eigenvalue weighted by molar-refractivity contribution is 5.77. The second-order valence-electron chi connectivity index (χ2n) is 5.89. The molecule has 0 bridgehead atoms. The van der Waals surface area contributed by atoms with Crippen molar-refractivity contribution >= 4 is 17.1 Å². The molecule has 7 nitrogen and oxygen atoms in total. The number of fused-ring (bicyclic) bond motifs is 1. The first-order valence-corrected chi connectivity index (χ1v) is 7.81. The molecule has 1 fully saturated rings. The van der Waals surface area contributed by atoms with Gasteiger partial charge in [-0.15, -0.1) is 0 Å². The number of nitrogens with zero attached hydrogens (tertiary/aromatic N) is 3. The fourth-order valence-corrected chi connectivity index (χ4v) is 2.90. The number of piperazine rings is 1. The molecular weight excluding hydrogens is 296 g/mol. The lowest BCUT2D eigenvalue weighted by molar-refractivity contribution is 0.124. The number of nitrogens with one attached hydrogen (secondary N) is 1. The number of carbonyl (C=O) groups is 1. The number of aromatic nitrogens is 2. The Balaban J connectivity index is 1.55. The summed E-state index contributed by atoms with van der Waals surface area (Å²) in [6.07, 6.45) is -0.0864. The normalized spacial score (nSPS) is 18.3. The molecule has 1 aliphatic heterocycles. The Kier molecular flexibility index (Phi) is 4.38. The lowest BCUT2D eigenvalue weighted by atomic mass is 10.1.